The first kappa shape index (κ1) is 20.8. The molecule has 0 saturated carbocycles. The van der Waals surface area contributed by atoms with Gasteiger partial charge in [-0.1, -0.05) is 41.9 Å². The van der Waals surface area contributed by atoms with Crippen molar-refractivity contribution in [3.63, 3.8) is 0 Å². The number of hydrogen-bond acceptors (Lipinski definition) is 4. The Morgan fingerprint density at radius 1 is 1.19 bits per heavy atom. The third-order valence-corrected chi connectivity index (χ3v) is 4.23. The van der Waals surface area contributed by atoms with Gasteiger partial charge < -0.3 is 15.2 Å². The highest BCUT2D eigenvalue weighted by molar-refractivity contribution is 9.10. The molecule has 27 heavy (non-hydrogen) atoms. The van der Waals surface area contributed by atoms with Crippen LogP contribution in [0.3, 0.4) is 0 Å². The van der Waals surface area contributed by atoms with Crippen LogP contribution in [0.1, 0.15) is 36.5 Å². The molecule has 0 bridgehead atoms. The highest BCUT2D eigenvalue weighted by Gasteiger charge is 2.09. The topological polar surface area (TPSA) is 85.9 Å². The second-order valence-electron chi connectivity index (χ2n) is 6.31. The number of nitrogens with zero attached hydrogens (tertiary/aromatic N) is 1. The Morgan fingerprint density at radius 3 is 2.56 bits per heavy atom. The van der Waals surface area contributed by atoms with Crippen LogP contribution in [0, 0.1) is 6.92 Å². The van der Waals surface area contributed by atoms with E-state index in [4.69, 9.17) is 15.2 Å². The lowest BCUT2D eigenvalue weighted by Crippen LogP contribution is -2.24. The quantitative estimate of drug-likeness (QED) is 0.368. The van der Waals surface area contributed by atoms with Gasteiger partial charge in [0.25, 0.3) is 0 Å². The number of carbonyl (C=O) groups excluding carboxylic acids is 1. The lowest BCUT2D eigenvalue weighted by molar-refractivity contribution is 0.215. The summed E-state index contributed by atoms with van der Waals surface area (Å²) in [6, 6.07) is 11.0. The number of urea groups is 1. The smallest absolute Gasteiger partial charge is 0.332 e. The number of ether oxygens (including phenoxy) is 2. The maximum Gasteiger partial charge on any atom is 0.332 e. The number of benzene rings is 2. The molecule has 0 unspecified atom stereocenters. The van der Waals surface area contributed by atoms with E-state index in [1.807, 2.05) is 31.2 Å². The van der Waals surface area contributed by atoms with Gasteiger partial charge in [0.2, 0.25) is 0 Å². The molecule has 2 aromatic carbocycles. The molecule has 2 rings (SSSR count). The summed E-state index contributed by atoms with van der Waals surface area (Å²) in [5.74, 6) is 1.90. The SMILES string of the molecule is Cc1ccc(C(C)C)c(OCCOc2ccc(Br)cc2/C=N\NC(N)=O)c1. The third kappa shape index (κ3) is 6.60. The van der Waals surface area contributed by atoms with E-state index in [1.165, 1.54) is 11.8 Å². The van der Waals surface area contributed by atoms with Gasteiger partial charge in [0.15, 0.2) is 0 Å². The molecule has 0 spiro atoms. The number of nitrogens with two attached hydrogens (primary N) is 1. The Balaban J connectivity index is 1.99. The normalized spacial score (nSPS) is 11.0. The van der Waals surface area contributed by atoms with Gasteiger partial charge in [-0.2, -0.15) is 5.10 Å². The lowest BCUT2D eigenvalue weighted by Gasteiger charge is -2.15. The summed E-state index contributed by atoms with van der Waals surface area (Å²) in [5, 5.41) is 3.78. The molecule has 144 valence electrons. The molecular formula is C20H24BrN3O3. The fourth-order valence-corrected chi connectivity index (χ4v) is 2.84. The van der Waals surface area contributed by atoms with Crippen LogP contribution in [0.15, 0.2) is 46.0 Å². The Bertz CT molecular complexity index is 822. The molecule has 0 aliphatic carbocycles. The molecule has 3 N–H and O–H groups in total. The van der Waals surface area contributed by atoms with Crippen molar-refractivity contribution in [2.75, 3.05) is 13.2 Å². The second kappa shape index (κ2) is 9.97. The minimum absolute atomic E-state index is 0.372. The average molecular weight is 434 g/mol. The molecule has 7 heteroatoms. The van der Waals surface area contributed by atoms with E-state index in [9.17, 15) is 4.79 Å². The van der Waals surface area contributed by atoms with Crippen molar-refractivity contribution in [2.45, 2.75) is 26.7 Å². The summed E-state index contributed by atoms with van der Waals surface area (Å²) in [6.45, 7) is 7.11. The summed E-state index contributed by atoms with van der Waals surface area (Å²) in [4.78, 5) is 10.7. The van der Waals surface area contributed by atoms with Crippen molar-refractivity contribution in [3.05, 3.63) is 57.6 Å². The number of halogens is 1. The van der Waals surface area contributed by atoms with Crippen molar-refractivity contribution in [2.24, 2.45) is 10.8 Å². The molecule has 0 radical (unpaired) electrons. The minimum atomic E-state index is -0.726. The lowest BCUT2D eigenvalue weighted by atomic mass is 10.0. The van der Waals surface area contributed by atoms with E-state index in [1.54, 1.807) is 0 Å². The standard InChI is InChI=1S/C20H24BrN3O3/c1-13(2)17-6-4-14(3)10-19(17)27-9-8-26-18-7-5-16(21)11-15(18)12-23-24-20(22)25/h4-7,10-13H,8-9H2,1-3H3,(H3,22,24,25)/b23-12-. The number of nitrogens with one attached hydrogen (secondary N) is 1. The molecule has 2 amide bonds. The molecular weight excluding hydrogens is 410 g/mol. The number of primary amides is 1. The van der Waals surface area contributed by atoms with Crippen LogP contribution in [0.2, 0.25) is 0 Å². The molecule has 0 aliphatic rings. The monoisotopic (exact) mass is 433 g/mol. The molecule has 0 heterocycles. The number of aryl methyl sites for hydroxylation is 1. The average Bonchev–Trinajstić information content (AvgIpc) is 2.59. The van der Waals surface area contributed by atoms with Gasteiger partial charge in [0.1, 0.15) is 24.7 Å². The largest absolute Gasteiger partial charge is 0.490 e. The van der Waals surface area contributed by atoms with Crippen LogP contribution in [0.25, 0.3) is 0 Å². The van der Waals surface area contributed by atoms with Gasteiger partial charge in [0.05, 0.1) is 6.21 Å². The van der Waals surface area contributed by atoms with Gasteiger partial charge in [-0.25, -0.2) is 10.2 Å². The molecule has 6 nitrogen and oxygen atoms in total. The molecule has 0 saturated heterocycles. The highest BCUT2D eigenvalue weighted by atomic mass is 79.9. The number of hydrazone groups is 1. The number of carbonyl (C=O) groups is 1. The number of hydrogen-bond donors (Lipinski definition) is 2. The third-order valence-electron chi connectivity index (χ3n) is 3.74. The van der Waals surface area contributed by atoms with E-state index >= 15 is 0 Å². The van der Waals surface area contributed by atoms with E-state index in [-0.39, 0.29) is 0 Å². The van der Waals surface area contributed by atoms with Crippen LogP contribution >= 0.6 is 15.9 Å². The summed E-state index contributed by atoms with van der Waals surface area (Å²) < 4.78 is 12.6. The summed E-state index contributed by atoms with van der Waals surface area (Å²) >= 11 is 3.40. The van der Waals surface area contributed by atoms with Crippen LogP contribution < -0.4 is 20.6 Å². The van der Waals surface area contributed by atoms with E-state index < -0.39 is 6.03 Å². The van der Waals surface area contributed by atoms with Gasteiger partial charge >= 0.3 is 6.03 Å². The van der Waals surface area contributed by atoms with E-state index in [2.05, 4.69) is 52.4 Å². The van der Waals surface area contributed by atoms with Crippen molar-refractivity contribution in [1.29, 1.82) is 0 Å². The Morgan fingerprint density at radius 2 is 1.89 bits per heavy atom. The Hall–Kier alpha value is -2.54. The fourth-order valence-electron chi connectivity index (χ4n) is 2.46. The Kier molecular flexibility index (Phi) is 7.67. The zero-order chi connectivity index (χ0) is 19.8. The summed E-state index contributed by atoms with van der Waals surface area (Å²) in [7, 11) is 0. The molecule has 0 atom stereocenters. The predicted molar refractivity (Wildman–Crippen MR) is 111 cm³/mol. The Labute approximate surface area is 167 Å². The van der Waals surface area contributed by atoms with Crippen molar-refractivity contribution in [3.8, 4) is 11.5 Å². The fraction of sp³-hybridized carbons (Fsp3) is 0.300. The first-order valence-electron chi connectivity index (χ1n) is 8.61. The first-order chi connectivity index (χ1) is 12.9. The number of amides is 2. The number of rotatable bonds is 8. The first-order valence-corrected chi connectivity index (χ1v) is 9.40. The van der Waals surface area contributed by atoms with Crippen LogP contribution in [-0.4, -0.2) is 25.5 Å². The van der Waals surface area contributed by atoms with Crippen LogP contribution in [-0.2, 0) is 0 Å². The van der Waals surface area contributed by atoms with Crippen molar-refractivity contribution < 1.29 is 14.3 Å². The second-order valence-corrected chi connectivity index (χ2v) is 7.22. The van der Waals surface area contributed by atoms with Gasteiger partial charge in [-0.3, -0.25) is 0 Å². The highest BCUT2D eigenvalue weighted by Crippen LogP contribution is 2.27. The molecule has 2 aromatic rings. The van der Waals surface area contributed by atoms with Crippen molar-refractivity contribution >= 4 is 28.2 Å². The molecule has 0 fully saturated rings. The summed E-state index contributed by atoms with van der Waals surface area (Å²) in [5.41, 5.74) is 10.2. The zero-order valence-electron chi connectivity index (χ0n) is 15.7. The van der Waals surface area contributed by atoms with Gasteiger partial charge in [0, 0.05) is 10.0 Å². The molecule has 0 aliphatic heterocycles. The van der Waals surface area contributed by atoms with Gasteiger partial charge in [-0.05, 0) is 48.2 Å². The summed E-state index contributed by atoms with van der Waals surface area (Å²) in [6.07, 6.45) is 1.48. The van der Waals surface area contributed by atoms with E-state index in [0.717, 1.165) is 15.8 Å². The predicted octanol–water partition coefficient (Wildman–Crippen LogP) is 4.34. The van der Waals surface area contributed by atoms with Crippen molar-refractivity contribution in [1.82, 2.24) is 5.43 Å². The molecule has 0 aromatic heterocycles. The zero-order valence-corrected chi connectivity index (χ0v) is 17.2. The van der Waals surface area contributed by atoms with E-state index in [0.29, 0.717) is 30.4 Å². The van der Waals surface area contributed by atoms with Gasteiger partial charge in [-0.15, -0.1) is 0 Å². The minimum Gasteiger partial charge on any atom is -0.490 e. The van der Waals surface area contributed by atoms with Crippen LogP contribution in [0.4, 0.5) is 4.79 Å². The maximum absolute atomic E-state index is 10.7. The van der Waals surface area contributed by atoms with Crippen LogP contribution in [0.5, 0.6) is 11.5 Å². The maximum atomic E-state index is 10.7.